The minimum absolute atomic E-state index is 0.0991. The van der Waals surface area contributed by atoms with E-state index in [-0.39, 0.29) is 6.03 Å². The van der Waals surface area contributed by atoms with Gasteiger partial charge in [-0.1, -0.05) is 29.8 Å². The molecule has 2 aromatic rings. The minimum Gasteiger partial charge on any atom is -0.496 e. The van der Waals surface area contributed by atoms with E-state index in [2.05, 4.69) is 5.32 Å². The van der Waals surface area contributed by atoms with Crippen molar-refractivity contribution in [1.29, 1.82) is 0 Å². The molecule has 0 atom stereocenters. The molecule has 0 bridgehead atoms. The van der Waals surface area contributed by atoms with Gasteiger partial charge < -0.3 is 15.0 Å². The fourth-order valence-corrected chi connectivity index (χ4v) is 3.19. The Labute approximate surface area is 139 Å². The summed E-state index contributed by atoms with van der Waals surface area (Å²) in [5.74, 6) is 0.774. The number of halogens is 1. The monoisotopic (exact) mass is 338 g/mol. The Morgan fingerprint density at radius 3 is 2.73 bits per heavy atom. The predicted molar refractivity (Wildman–Crippen MR) is 90.6 cm³/mol. The number of ether oxygens (including phenoxy) is 1. The summed E-state index contributed by atoms with van der Waals surface area (Å²) in [6, 6.07) is 11.4. The van der Waals surface area contributed by atoms with Crippen molar-refractivity contribution in [3.05, 3.63) is 51.2 Å². The highest BCUT2D eigenvalue weighted by Crippen LogP contribution is 2.23. The molecule has 0 fully saturated rings. The first-order valence-electron chi connectivity index (χ1n) is 7.03. The molecule has 22 heavy (non-hydrogen) atoms. The van der Waals surface area contributed by atoms with Gasteiger partial charge in [0.05, 0.1) is 18.0 Å². The zero-order chi connectivity index (χ0) is 15.9. The van der Waals surface area contributed by atoms with E-state index in [9.17, 15) is 4.79 Å². The average Bonchev–Trinajstić information content (AvgIpc) is 2.95. The summed E-state index contributed by atoms with van der Waals surface area (Å²) in [5, 5.41) is 2.93. The topological polar surface area (TPSA) is 41.6 Å². The third kappa shape index (κ3) is 4.39. The molecule has 0 radical (unpaired) electrons. The molecule has 6 heteroatoms. The first-order chi connectivity index (χ1) is 10.6. The smallest absolute Gasteiger partial charge is 0.317 e. The number of amides is 2. The standard InChI is InChI=1S/C16H19ClN2O2S/c1-3-19(11-13-8-9-15(17)22-13)16(20)18-10-12-6-4-5-7-14(12)21-2/h4-9H,3,10-11H2,1-2H3,(H,18,20). The van der Waals surface area contributed by atoms with Crippen LogP contribution >= 0.6 is 22.9 Å². The van der Waals surface area contributed by atoms with Crippen molar-refractivity contribution in [3.8, 4) is 5.75 Å². The fourth-order valence-electron chi connectivity index (χ4n) is 2.08. The summed E-state index contributed by atoms with van der Waals surface area (Å²) >= 11 is 7.42. The molecule has 1 heterocycles. The third-order valence-electron chi connectivity index (χ3n) is 3.27. The van der Waals surface area contributed by atoms with Gasteiger partial charge in [0.25, 0.3) is 0 Å². The number of thiophene rings is 1. The van der Waals surface area contributed by atoms with Crippen LogP contribution in [0.4, 0.5) is 4.79 Å². The van der Waals surface area contributed by atoms with Gasteiger partial charge in [0, 0.05) is 23.5 Å². The SMILES string of the molecule is CCN(Cc1ccc(Cl)s1)C(=O)NCc1ccccc1OC. The summed E-state index contributed by atoms with van der Waals surface area (Å²) in [4.78, 5) is 15.1. The number of rotatable bonds is 6. The van der Waals surface area contributed by atoms with E-state index in [1.807, 2.05) is 43.3 Å². The maximum absolute atomic E-state index is 12.3. The lowest BCUT2D eigenvalue weighted by atomic mass is 10.2. The second kappa shape index (κ2) is 8.06. The van der Waals surface area contributed by atoms with Crippen molar-refractivity contribution >= 4 is 29.0 Å². The Bertz CT molecular complexity index is 630. The van der Waals surface area contributed by atoms with Crippen molar-refractivity contribution in [2.24, 2.45) is 0 Å². The normalized spacial score (nSPS) is 10.3. The van der Waals surface area contributed by atoms with Crippen LogP contribution < -0.4 is 10.1 Å². The van der Waals surface area contributed by atoms with Crippen molar-refractivity contribution < 1.29 is 9.53 Å². The molecule has 0 saturated carbocycles. The average molecular weight is 339 g/mol. The van der Waals surface area contributed by atoms with Crippen LogP contribution in [0.25, 0.3) is 0 Å². The van der Waals surface area contributed by atoms with Crippen LogP contribution in [0.1, 0.15) is 17.4 Å². The number of nitrogens with zero attached hydrogens (tertiary/aromatic N) is 1. The largest absolute Gasteiger partial charge is 0.496 e. The zero-order valence-corrected chi connectivity index (χ0v) is 14.2. The molecule has 0 aliphatic heterocycles. The van der Waals surface area contributed by atoms with Crippen LogP contribution in [-0.2, 0) is 13.1 Å². The van der Waals surface area contributed by atoms with Crippen molar-refractivity contribution in [1.82, 2.24) is 10.2 Å². The first kappa shape index (κ1) is 16.6. The Morgan fingerprint density at radius 2 is 2.09 bits per heavy atom. The van der Waals surface area contributed by atoms with Gasteiger partial charge in [0.15, 0.2) is 0 Å². The Morgan fingerprint density at radius 1 is 1.32 bits per heavy atom. The number of urea groups is 1. The lowest BCUT2D eigenvalue weighted by molar-refractivity contribution is 0.198. The van der Waals surface area contributed by atoms with E-state index < -0.39 is 0 Å². The van der Waals surface area contributed by atoms with Crippen molar-refractivity contribution in [3.63, 3.8) is 0 Å². The van der Waals surface area contributed by atoms with Crippen LogP contribution in [0.15, 0.2) is 36.4 Å². The molecule has 0 unspecified atom stereocenters. The molecule has 1 aromatic carbocycles. The number of hydrogen-bond donors (Lipinski definition) is 1. The van der Waals surface area contributed by atoms with Gasteiger partial charge in [0.2, 0.25) is 0 Å². The zero-order valence-electron chi connectivity index (χ0n) is 12.6. The molecule has 0 aliphatic rings. The molecule has 0 spiro atoms. The molecule has 0 saturated heterocycles. The number of para-hydroxylation sites is 1. The third-order valence-corrected chi connectivity index (χ3v) is 4.48. The van der Waals surface area contributed by atoms with E-state index in [0.29, 0.717) is 19.6 Å². The molecule has 118 valence electrons. The van der Waals surface area contributed by atoms with Gasteiger partial charge in [-0.3, -0.25) is 0 Å². The highest BCUT2D eigenvalue weighted by atomic mass is 35.5. The number of nitrogens with one attached hydrogen (secondary N) is 1. The molecule has 0 aliphatic carbocycles. The molecule has 2 amide bonds. The number of benzene rings is 1. The van der Waals surface area contributed by atoms with Crippen molar-refractivity contribution in [2.45, 2.75) is 20.0 Å². The lowest BCUT2D eigenvalue weighted by Crippen LogP contribution is -2.38. The maximum atomic E-state index is 12.3. The fraction of sp³-hybridized carbons (Fsp3) is 0.312. The number of hydrogen-bond acceptors (Lipinski definition) is 3. The van der Waals surface area contributed by atoms with Crippen LogP contribution in [0.5, 0.6) is 5.75 Å². The summed E-state index contributed by atoms with van der Waals surface area (Å²) in [5.41, 5.74) is 0.952. The van der Waals surface area contributed by atoms with Gasteiger partial charge in [-0.25, -0.2) is 4.79 Å². The first-order valence-corrected chi connectivity index (χ1v) is 8.22. The summed E-state index contributed by atoms with van der Waals surface area (Å²) in [6.07, 6.45) is 0. The molecular weight excluding hydrogens is 320 g/mol. The Balaban J connectivity index is 1.94. The maximum Gasteiger partial charge on any atom is 0.317 e. The molecule has 1 aromatic heterocycles. The molecule has 1 N–H and O–H groups in total. The van der Waals surface area contributed by atoms with Crippen molar-refractivity contribution in [2.75, 3.05) is 13.7 Å². The number of methoxy groups -OCH3 is 1. The Kier molecular flexibility index (Phi) is 6.10. The van der Waals surface area contributed by atoms with E-state index in [1.54, 1.807) is 12.0 Å². The summed E-state index contributed by atoms with van der Waals surface area (Å²) in [7, 11) is 1.62. The van der Waals surface area contributed by atoms with E-state index in [0.717, 1.165) is 20.5 Å². The minimum atomic E-state index is -0.0991. The molecule has 2 rings (SSSR count). The predicted octanol–water partition coefficient (Wildman–Crippen LogP) is 4.14. The van der Waals surface area contributed by atoms with E-state index in [1.165, 1.54) is 11.3 Å². The van der Waals surface area contributed by atoms with Crippen LogP contribution in [0, 0.1) is 0 Å². The van der Waals surface area contributed by atoms with Gasteiger partial charge >= 0.3 is 6.03 Å². The van der Waals surface area contributed by atoms with Gasteiger partial charge in [-0.2, -0.15) is 0 Å². The summed E-state index contributed by atoms with van der Waals surface area (Å²) < 4.78 is 6.02. The second-order valence-corrected chi connectivity index (χ2v) is 6.49. The summed E-state index contributed by atoms with van der Waals surface area (Å²) in [6.45, 7) is 3.58. The van der Waals surface area contributed by atoms with Crippen LogP contribution in [0.2, 0.25) is 4.34 Å². The van der Waals surface area contributed by atoms with Gasteiger partial charge in [-0.05, 0) is 25.1 Å². The quantitative estimate of drug-likeness (QED) is 0.860. The number of carbonyl (C=O) groups is 1. The van der Waals surface area contributed by atoms with Gasteiger partial charge in [-0.15, -0.1) is 11.3 Å². The molecule has 4 nitrogen and oxygen atoms in total. The highest BCUT2D eigenvalue weighted by molar-refractivity contribution is 7.16. The highest BCUT2D eigenvalue weighted by Gasteiger charge is 2.13. The van der Waals surface area contributed by atoms with E-state index in [4.69, 9.17) is 16.3 Å². The lowest BCUT2D eigenvalue weighted by Gasteiger charge is -2.21. The molecular formula is C16H19ClN2O2S. The van der Waals surface area contributed by atoms with Gasteiger partial charge in [0.1, 0.15) is 5.75 Å². The van der Waals surface area contributed by atoms with E-state index >= 15 is 0 Å². The van der Waals surface area contributed by atoms with Crippen LogP contribution in [-0.4, -0.2) is 24.6 Å². The second-order valence-electron chi connectivity index (χ2n) is 4.69. The Hall–Kier alpha value is -1.72. The number of carbonyl (C=O) groups excluding carboxylic acids is 1. The van der Waals surface area contributed by atoms with Crippen LogP contribution in [0.3, 0.4) is 0 Å².